The largest absolute Gasteiger partial charge is 0.468 e. The lowest BCUT2D eigenvalue weighted by atomic mass is 10.2. The molecule has 74 valence electrons. The molecule has 0 aromatic carbocycles. The summed E-state index contributed by atoms with van der Waals surface area (Å²) in [6.07, 6.45) is 1.63. The first-order valence-corrected chi connectivity index (χ1v) is 4.34. The van der Waals surface area contributed by atoms with Crippen molar-refractivity contribution in [1.82, 2.24) is 4.90 Å². The third kappa shape index (κ3) is 2.55. The second-order valence-electron chi connectivity index (χ2n) is 2.97. The second-order valence-corrected chi connectivity index (χ2v) is 2.97. The molecule has 4 nitrogen and oxygen atoms in total. The molecule has 0 aliphatic rings. The third-order valence-electron chi connectivity index (χ3n) is 2.08. The van der Waals surface area contributed by atoms with Gasteiger partial charge in [-0.15, -0.1) is 0 Å². The van der Waals surface area contributed by atoms with Crippen LogP contribution in [0, 0.1) is 0 Å². The first kappa shape index (κ1) is 10.2. The molecule has 0 bridgehead atoms. The van der Waals surface area contributed by atoms with E-state index in [2.05, 4.69) is 0 Å². The van der Waals surface area contributed by atoms with E-state index in [1.54, 1.807) is 6.26 Å². The van der Waals surface area contributed by atoms with Crippen LogP contribution in [0.1, 0.15) is 11.8 Å². The van der Waals surface area contributed by atoms with E-state index in [0.717, 1.165) is 5.76 Å². The van der Waals surface area contributed by atoms with Gasteiger partial charge in [0.25, 0.3) is 0 Å². The summed E-state index contributed by atoms with van der Waals surface area (Å²) >= 11 is 0. The van der Waals surface area contributed by atoms with Crippen molar-refractivity contribution in [3.05, 3.63) is 24.2 Å². The number of rotatable bonds is 5. The summed E-state index contributed by atoms with van der Waals surface area (Å²) < 4.78 is 5.25. The standard InChI is InChI=1S/C9H16N2O2/c1-11(4-5-12)8(7-10)9-3-2-6-13-9/h2-3,6,8,12H,4-5,7,10H2,1H3. The topological polar surface area (TPSA) is 62.6 Å². The van der Waals surface area contributed by atoms with Crippen LogP contribution in [0.2, 0.25) is 0 Å². The van der Waals surface area contributed by atoms with E-state index < -0.39 is 0 Å². The summed E-state index contributed by atoms with van der Waals surface area (Å²) in [5, 5.41) is 8.77. The third-order valence-corrected chi connectivity index (χ3v) is 2.08. The predicted molar refractivity (Wildman–Crippen MR) is 50.2 cm³/mol. The number of nitrogens with two attached hydrogens (primary N) is 1. The molecule has 0 saturated heterocycles. The van der Waals surface area contributed by atoms with Crippen LogP contribution in [0.3, 0.4) is 0 Å². The van der Waals surface area contributed by atoms with Crippen LogP contribution in [0.5, 0.6) is 0 Å². The van der Waals surface area contributed by atoms with Gasteiger partial charge in [-0.1, -0.05) is 0 Å². The molecule has 13 heavy (non-hydrogen) atoms. The lowest BCUT2D eigenvalue weighted by Gasteiger charge is -2.24. The molecule has 0 aliphatic heterocycles. The average molecular weight is 184 g/mol. The van der Waals surface area contributed by atoms with Crippen LogP contribution in [0.4, 0.5) is 0 Å². The highest BCUT2D eigenvalue weighted by Gasteiger charge is 2.16. The van der Waals surface area contributed by atoms with Crippen LogP contribution in [0.15, 0.2) is 22.8 Å². The summed E-state index contributed by atoms with van der Waals surface area (Å²) in [5.41, 5.74) is 5.61. The van der Waals surface area contributed by atoms with E-state index in [0.29, 0.717) is 13.1 Å². The van der Waals surface area contributed by atoms with Crippen molar-refractivity contribution < 1.29 is 9.52 Å². The van der Waals surface area contributed by atoms with Crippen molar-refractivity contribution in [1.29, 1.82) is 0 Å². The zero-order chi connectivity index (χ0) is 9.68. The molecule has 1 heterocycles. The summed E-state index contributed by atoms with van der Waals surface area (Å²) in [7, 11) is 1.91. The van der Waals surface area contributed by atoms with Crippen LogP contribution in [-0.4, -0.2) is 36.8 Å². The predicted octanol–water partition coefficient (Wildman–Crippen LogP) is 0.204. The first-order valence-electron chi connectivity index (χ1n) is 4.34. The molecule has 0 aliphatic carbocycles. The highest BCUT2D eigenvalue weighted by atomic mass is 16.3. The summed E-state index contributed by atoms with van der Waals surface area (Å²) in [6.45, 7) is 1.22. The average Bonchev–Trinajstić information content (AvgIpc) is 2.59. The van der Waals surface area contributed by atoms with Gasteiger partial charge >= 0.3 is 0 Å². The fourth-order valence-corrected chi connectivity index (χ4v) is 1.31. The van der Waals surface area contributed by atoms with E-state index in [1.807, 2.05) is 24.1 Å². The van der Waals surface area contributed by atoms with Gasteiger partial charge in [-0.3, -0.25) is 4.90 Å². The van der Waals surface area contributed by atoms with Crippen molar-refractivity contribution >= 4 is 0 Å². The minimum atomic E-state index is 0.0575. The molecule has 0 saturated carbocycles. The Bertz CT molecular complexity index is 224. The minimum Gasteiger partial charge on any atom is -0.468 e. The number of nitrogens with zero attached hydrogens (tertiary/aromatic N) is 1. The number of hydrogen-bond acceptors (Lipinski definition) is 4. The van der Waals surface area contributed by atoms with Gasteiger partial charge in [0.05, 0.1) is 18.9 Å². The lowest BCUT2D eigenvalue weighted by molar-refractivity contribution is 0.169. The Labute approximate surface area is 77.9 Å². The highest BCUT2D eigenvalue weighted by Crippen LogP contribution is 2.17. The molecule has 1 aromatic rings. The molecule has 0 amide bonds. The molecular formula is C9H16N2O2. The van der Waals surface area contributed by atoms with E-state index in [-0.39, 0.29) is 12.6 Å². The van der Waals surface area contributed by atoms with E-state index in [9.17, 15) is 0 Å². The van der Waals surface area contributed by atoms with Gasteiger partial charge in [-0.05, 0) is 19.2 Å². The molecule has 3 N–H and O–H groups in total. The van der Waals surface area contributed by atoms with Gasteiger partial charge < -0.3 is 15.3 Å². The van der Waals surface area contributed by atoms with E-state index in [1.165, 1.54) is 0 Å². The number of hydrogen-bond donors (Lipinski definition) is 2. The van der Waals surface area contributed by atoms with Crippen LogP contribution in [0.25, 0.3) is 0 Å². The number of aliphatic hydroxyl groups excluding tert-OH is 1. The molecule has 1 atom stereocenters. The quantitative estimate of drug-likeness (QED) is 0.686. The Morgan fingerprint density at radius 1 is 1.69 bits per heavy atom. The second kappa shape index (κ2) is 5.01. The maximum absolute atomic E-state index is 8.77. The van der Waals surface area contributed by atoms with Crippen LogP contribution in [-0.2, 0) is 0 Å². The Balaban J connectivity index is 2.62. The van der Waals surface area contributed by atoms with Gasteiger partial charge in [0.15, 0.2) is 0 Å². The maximum atomic E-state index is 8.77. The van der Waals surface area contributed by atoms with Crippen LogP contribution >= 0.6 is 0 Å². The summed E-state index contributed by atoms with van der Waals surface area (Å²) in [5.74, 6) is 0.846. The Hall–Kier alpha value is -0.840. The molecule has 4 heteroatoms. The molecule has 0 fully saturated rings. The molecule has 1 rings (SSSR count). The van der Waals surface area contributed by atoms with Gasteiger partial charge in [0, 0.05) is 13.1 Å². The normalized spacial score (nSPS) is 13.5. The zero-order valence-corrected chi connectivity index (χ0v) is 7.81. The Morgan fingerprint density at radius 3 is 2.92 bits per heavy atom. The zero-order valence-electron chi connectivity index (χ0n) is 7.81. The van der Waals surface area contributed by atoms with Crippen molar-refractivity contribution in [2.24, 2.45) is 5.73 Å². The number of aliphatic hydroxyl groups is 1. The SMILES string of the molecule is CN(CCO)C(CN)c1ccco1. The summed E-state index contributed by atoms with van der Waals surface area (Å²) in [4.78, 5) is 1.97. The van der Waals surface area contributed by atoms with Gasteiger partial charge in [-0.25, -0.2) is 0 Å². The lowest BCUT2D eigenvalue weighted by Crippen LogP contribution is -2.32. The smallest absolute Gasteiger partial charge is 0.122 e. The minimum absolute atomic E-state index is 0.0575. The first-order chi connectivity index (χ1) is 6.29. The van der Waals surface area contributed by atoms with Gasteiger partial charge in [0.2, 0.25) is 0 Å². The Kier molecular flexibility index (Phi) is 3.95. The number of furan rings is 1. The molecule has 1 aromatic heterocycles. The van der Waals surface area contributed by atoms with Crippen molar-refractivity contribution in [2.75, 3.05) is 26.7 Å². The molecular weight excluding hydrogens is 168 g/mol. The number of likely N-dealkylation sites (N-methyl/N-ethyl adjacent to an activating group) is 1. The van der Waals surface area contributed by atoms with Crippen molar-refractivity contribution in [2.45, 2.75) is 6.04 Å². The fraction of sp³-hybridized carbons (Fsp3) is 0.556. The molecule has 0 radical (unpaired) electrons. The van der Waals surface area contributed by atoms with Crippen LogP contribution < -0.4 is 5.73 Å². The molecule has 0 spiro atoms. The monoisotopic (exact) mass is 184 g/mol. The summed E-state index contributed by atoms with van der Waals surface area (Å²) in [6, 6.07) is 3.79. The van der Waals surface area contributed by atoms with Gasteiger partial charge in [-0.2, -0.15) is 0 Å². The van der Waals surface area contributed by atoms with Crippen molar-refractivity contribution in [3.8, 4) is 0 Å². The molecule has 1 unspecified atom stereocenters. The highest BCUT2D eigenvalue weighted by molar-refractivity contribution is 5.04. The maximum Gasteiger partial charge on any atom is 0.122 e. The van der Waals surface area contributed by atoms with E-state index in [4.69, 9.17) is 15.3 Å². The van der Waals surface area contributed by atoms with Crippen molar-refractivity contribution in [3.63, 3.8) is 0 Å². The Morgan fingerprint density at radius 2 is 2.46 bits per heavy atom. The fourth-order valence-electron chi connectivity index (χ4n) is 1.31. The van der Waals surface area contributed by atoms with E-state index >= 15 is 0 Å². The van der Waals surface area contributed by atoms with Gasteiger partial charge in [0.1, 0.15) is 5.76 Å².